The summed E-state index contributed by atoms with van der Waals surface area (Å²) in [4.78, 5) is 24.5. The zero-order chi connectivity index (χ0) is 10.3. The first-order valence-corrected chi connectivity index (χ1v) is 5.08. The summed E-state index contributed by atoms with van der Waals surface area (Å²) >= 11 is 0. The van der Waals surface area contributed by atoms with E-state index in [-0.39, 0.29) is 24.2 Å². The molecule has 0 N–H and O–H groups in total. The molecule has 4 heteroatoms. The number of ketones is 1. The van der Waals surface area contributed by atoms with Crippen LogP contribution in [0.3, 0.4) is 0 Å². The van der Waals surface area contributed by atoms with E-state index < -0.39 is 0 Å². The molecule has 2 unspecified atom stereocenters. The Morgan fingerprint density at radius 1 is 1.57 bits per heavy atom. The van der Waals surface area contributed by atoms with E-state index in [9.17, 15) is 9.59 Å². The molecule has 14 heavy (non-hydrogen) atoms. The lowest BCUT2D eigenvalue weighted by atomic mass is 10.1. The minimum atomic E-state index is -0.264. The van der Waals surface area contributed by atoms with Crippen molar-refractivity contribution in [1.29, 1.82) is 0 Å². The Balaban J connectivity index is 1.96. The zero-order valence-electron chi connectivity index (χ0n) is 8.53. The first-order chi connectivity index (χ1) is 6.58. The van der Waals surface area contributed by atoms with E-state index in [1.807, 2.05) is 13.8 Å². The third kappa shape index (κ3) is 1.49. The first kappa shape index (κ1) is 9.49. The van der Waals surface area contributed by atoms with E-state index in [1.54, 1.807) is 4.90 Å². The molecule has 0 spiro atoms. The molecule has 4 nitrogen and oxygen atoms in total. The fourth-order valence-electron chi connectivity index (χ4n) is 2.24. The van der Waals surface area contributed by atoms with Crippen molar-refractivity contribution >= 4 is 11.9 Å². The molecular formula is C10H15NO3. The van der Waals surface area contributed by atoms with Crippen molar-refractivity contribution in [2.75, 3.05) is 6.54 Å². The number of ether oxygens (including phenoxy) is 1. The van der Waals surface area contributed by atoms with Gasteiger partial charge in [-0.25, -0.2) is 4.79 Å². The number of rotatable bonds is 1. The Morgan fingerprint density at radius 2 is 2.29 bits per heavy atom. The SMILES string of the molecule is CC(C)OC(=O)N1CC2CC1CC2=O. The second-order valence-corrected chi connectivity index (χ2v) is 4.34. The summed E-state index contributed by atoms with van der Waals surface area (Å²) in [6.07, 6.45) is 1.02. The summed E-state index contributed by atoms with van der Waals surface area (Å²) in [5, 5.41) is 0. The number of hydrogen-bond donors (Lipinski definition) is 0. The van der Waals surface area contributed by atoms with Crippen LogP contribution in [0, 0.1) is 5.92 Å². The Labute approximate surface area is 83.2 Å². The highest BCUT2D eigenvalue weighted by Crippen LogP contribution is 2.35. The van der Waals surface area contributed by atoms with Crippen LogP contribution in [-0.2, 0) is 9.53 Å². The minimum absolute atomic E-state index is 0.0831. The lowest BCUT2D eigenvalue weighted by Gasteiger charge is -2.26. The molecule has 0 aromatic carbocycles. The predicted molar refractivity (Wildman–Crippen MR) is 49.8 cm³/mol. The van der Waals surface area contributed by atoms with Gasteiger partial charge in [-0.1, -0.05) is 0 Å². The van der Waals surface area contributed by atoms with Crippen molar-refractivity contribution < 1.29 is 14.3 Å². The monoisotopic (exact) mass is 197 g/mol. The van der Waals surface area contributed by atoms with Crippen LogP contribution in [0.4, 0.5) is 4.79 Å². The molecule has 2 bridgehead atoms. The van der Waals surface area contributed by atoms with Gasteiger partial charge in [-0.05, 0) is 20.3 Å². The van der Waals surface area contributed by atoms with E-state index in [4.69, 9.17) is 4.74 Å². The molecule has 1 amide bonds. The van der Waals surface area contributed by atoms with Crippen molar-refractivity contribution in [2.24, 2.45) is 5.92 Å². The molecule has 1 aliphatic heterocycles. The number of hydrogen-bond acceptors (Lipinski definition) is 3. The van der Waals surface area contributed by atoms with Gasteiger partial charge < -0.3 is 9.64 Å². The molecule has 2 fully saturated rings. The van der Waals surface area contributed by atoms with Gasteiger partial charge in [0.1, 0.15) is 5.78 Å². The summed E-state index contributed by atoms with van der Waals surface area (Å²) in [7, 11) is 0. The van der Waals surface area contributed by atoms with Crippen LogP contribution in [0.25, 0.3) is 0 Å². The van der Waals surface area contributed by atoms with Gasteiger partial charge in [0, 0.05) is 24.9 Å². The molecular weight excluding hydrogens is 182 g/mol. The smallest absolute Gasteiger partial charge is 0.410 e. The molecule has 0 aromatic heterocycles. The van der Waals surface area contributed by atoms with E-state index in [1.165, 1.54) is 0 Å². The molecule has 0 aromatic rings. The number of Topliss-reactive ketones (excluding diaryl/α,β-unsaturated/α-hetero) is 1. The van der Waals surface area contributed by atoms with Crippen molar-refractivity contribution in [3.8, 4) is 0 Å². The molecule has 1 aliphatic carbocycles. The van der Waals surface area contributed by atoms with E-state index >= 15 is 0 Å². The van der Waals surface area contributed by atoms with E-state index in [2.05, 4.69) is 0 Å². The Hall–Kier alpha value is -1.06. The molecule has 78 valence electrons. The molecule has 2 rings (SSSR count). The van der Waals surface area contributed by atoms with Gasteiger partial charge in [-0.15, -0.1) is 0 Å². The van der Waals surface area contributed by atoms with Crippen LogP contribution < -0.4 is 0 Å². The summed E-state index contributed by atoms with van der Waals surface area (Å²) in [6, 6.07) is 0.110. The zero-order valence-corrected chi connectivity index (χ0v) is 8.53. The van der Waals surface area contributed by atoms with Gasteiger partial charge in [0.25, 0.3) is 0 Å². The van der Waals surface area contributed by atoms with Gasteiger partial charge in [0.2, 0.25) is 0 Å². The summed E-state index contributed by atoms with van der Waals surface area (Å²) < 4.78 is 5.10. The molecule has 1 saturated carbocycles. The Morgan fingerprint density at radius 3 is 2.71 bits per heavy atom. The highest BCUT2D eigenvalue weighted by Gasteiger charge is 2.46. The largest absolute Gasteiger partial charge is 0.447 e. The number of carbonyl (C=O) groups is 2. The maximum atomic E-state index is 11.5. The van der Waals surface area contributed by atoms with Gasteiger partial charge in [0.15, 0.2) is 0 Å². The van der Waals surface area contributed by atoms with Crippen LogP contribution in [0.15, 0.2) is 0 Å². The second kappa shape index (κ2) is 3.26. The number of piperidine rings is 1. The minimum Gasteiger partial charge on any atom is -0.447 e. The third-order valence-electron chi connectivity index (χ3n) is 2.88. The van der Waals surface area contributed by atoms with Crippen molar-refractivity contribution in [2.45, 2.75) is 38.8 Å². The van der Waals surface area contributed by atoms with Crippen LogP contribution in [-0.4, -0.2) is 35.5 Å². The Kier molecular flexibility index (Phi) is 2.21. The average Bonchev–Trinajstić information content (AvgIpc) is 2.60. The quantitative estimate of drug-likeness (QED) is 0.634. The fourth-order valence-corrected chi connectivity index (χ4v) is 2.24. The van der Waals surface area contributed by atoms with Gasteiger partial charge >= 0.3 is 6.09 Å². The number of amides is 1. The normalized spacial score (nSPS) is 30.2. The summed E-state index contributed by atoms with van der Waals surface area (Å²) in [6.45, 7) is 4.23. The maximum Gasteiger partial charge on any atom is 0.410 e. The highest BCUT2D eigenvalue weighted by molar-refractivity contribution is 5.87. The van der Waals surface area contributed by atoms with Crippen LogP contribution in [0.1, 0.15) is 26.7 Å². The summed E-state index contributed by atoms with van der Waals surface area (Å²) in [5.41, 5.74) is 0. The van der Waals surface area contributed by atoms with Crippen LogP contribution in [0.5, 0.6) is 0 Å². The van der Waals surface area contributed by atoms with E-state index in [0.717, 1.165) is 6.42 Å². The predicted octanol–water partition coefficient (Wildman–Crippen LogP) is 1.19. The number of carbonyl (C=O) groups excluding carboxylic acids is 2. The van der Waals surface area contributed by atoms with Crippen molar-refractivity contribution in [3.63, 3.8) is 0 Å². The van der Waals surface area contributed by atoms with E-state index in [0.29, 0.717) is 18.7 Å². The standard InChI is InChI=1S/C10H15NO3/c1-6(2)14-10(13)11-5-7-3-8(11)4-9(7)12/h6-8H,3-5H2,1-2H3. The van der Waals surface area contributed by atoms with Gasteiger partial charge in [0.05, 0.1) is 6.10 Å². The van der Waals surface area contributed by atoms with Gasteiger partial charge in [-0.2, -0.15) is 0 Å². The second-order valence-electron chi connectivity index (χ2n) is 4.34. The molecule has 2 aliphatic rings. The fraction of sp³-hybridized carbons (Fsp3) is 0.800. The number of fused-ring (bicyclic) bond motifs is 2. The van der Waals surface area contributed by atoms with Crippen molar-refractivity contribution in [3.05, 3.63) is 0 Å². The lowest BCUT2D eigenvalue weighted by Crippen LogP contribution is -2.41. The van der Waals surface area contributed by atoms with Gasteiger partial charge in [-0.3, -0.25) is 4.79 Å². The molecule has 0 radical (unpaired) electrons. The summed E-state index contributed by atoms with van der Waals surface area (Å²) in [5.74, 6) is 0.392. The van der Waals surface area contributed by atoms with Crippen LogP contribution in [0.2, 0.25) is 0 Å². The van der Waals surface area contributed by atoms with Crippen LogP contribution >= 0.6 is 0 Å². The average molecular weight is 197 g/mol. The Bertz CT molecular complexity index is 275. The topological polar surface area (TPSA) is 46.6 Å². The molecule has 1 heterocycles. The number of nitrogens with zero attached hydrogens (tertiary/aromatic N) is 1. The third-order valence-corrected chi connectivity index (χ3v) is 2.88. The number of likely N-dealkylation sites (tertiary alicyclic amines) is 1. The molecule has 2 atom stereocenters. The highest BCUT2D eigenvalue weighted by atomic mass is 16.6. The maximum absolute atomic E-state index is 11.5. The lowest BCUT2D eigenvalue weighted by molar-refractivity contribution is -0.122. The van der Waals surface area contributed by atoms with Crippen molar-refractivity contribution in [1.82, 2.24) is 4.90 Å². The first-order valence-electron chi connectivity index (χ1n) is 5.08. The molecule has 1 saturated heterocycles.